The number of carboxylic acid groups (broad SMARTS) is 1. The van der Waals surface area contributed by atoms with Gasteiger partial charge in [-0.1, -0.05) is 30.3 Å². The second kappa shape index (κ2) is 8.07. The first-order valence-corrected chi connectivity index (χ1v) is 9.89. The van der Waals surface area contributed by atoms with Crippen molar-refractivity contribution in [3.63, 3.8) is 0 Å². The number of carbonyl (C=O) groups is 2. The number of aliphatic carboxylic acids is 1. The monoisotopic (exact) mass is 394 g/mol. The van der Waals surface area contributed by atoms with Crippen LogP contribution in [-0.4, -0.2) is 39.5 Å². The van der Waals surface area contributed by atoms with Crippen LogP contribution in [0.4, 0.5) is 4.39 Å². The van der Waals surface area contributed by atoms with Crippen LogP contribution in [-0.2, 0) is 16.0 Å². The largest absolute Gasteiger partial charge is 0.481 e. The highest BCUT2D eigenvalue weighted by molar-refractivity contribution is 5.91. The van der Waals surface area contributed by atoms with E-state index in [1.807, 2.05) is 30.3 Å². The molecular formula is C23H23FN2O3. The van der Waals surface area contributed by atoms with Gasteiger partial charge in [0.1, 0.15) is 5.82 Å². The van der Waals surface area contributed by atoms with Gasteiger partial charge in [0.25, 0.3) is 0 Å². The summed E-state index contributed by atoms with van der Waals surface area (Å²) < 4.78 is 13.9. The molecule has 1 aliphatic heterocycles. The number of likely N-dealkylation sites (tertiary alicyclic amines) is 1. The molecule has 0 bridgehead atoms. The number of H-pyrrole nitrogens is 1. The van der Waals surface area contributed by atoms with Crippen molar-refractivity contribution in [3.05, 3.63) is 59.9 Å². The van der Waals surface area contributed by atoms with E-state index in [9.17, 15) is 14.0 Å². The van der Waals surface area contributed by atoms with Crippen LogP contribution < -0.4 is 0 Å². The normalized spacial score (nSPS) is 16.4. The highest BCUT2D eigenvalue weighted by Crippen LogP contribution is 2.32. The van der Waals surface area contributed by atoms with Crippen molar-refractivity contribution in [2.24, 2.45) is 0 Å². The standard InChI is InChI=1S/C23H23FN2O3/c24-16-8-10-20-19(13-16)18(23(25-20)15-5-2-1-3-6-15)9-11-21(27)26-12-4-7-17(26)14-22(28)29/h1-3,5-6,8,10,13,17,25H,4,7,9,11-12,14H2,(H,28,29). The number of aryl methyl sites for hydroxylation is 1. The third kappa shape index (κ3) is 4.01. The van der Waals surface area contributed by atoms with Crippen LogP contribution in [0.2, 0.25) is 0 Å². The molecule has 0 saturated carbocycles. The lowest BCUT2D eigenvalue weighted by Crippen LogP contribution is -2.36. The molecule has 0 radical (unpaired) electrons. The van der Waals surface area contributed by atoms with Gasteiger partial charge in [-0.2, -0.15) is 0 Å². The third-order valence-electron chi connectivity index (χ3n) is 5.63. The molecule has 1 aliphatic rings. The zero-order valence-corrected chi connectivity index (χ0v) is 16.0. The number of nitrogens with one attached hydrogen (secondary N) is 1. The third-order valence-corrected chi connectivity index (χ3v) is 5.63. The fourth-order valence-corrected chi connectivity index (χ4v) is 4.28. The number of hydrogen-bond acceptors (Lipinski definition) is 2. The minimum atomic E-state index is -0.881. The molecular weight excluding hydrogens is 371 g/mol. The predicted octanol–water partition coefficient (Wildman–Crippen LogP) is 4.37. The van der Waals surface area contributed by atoms with Crippen LogP contribution in [0.3, 0.4) is 0 Å². The summed E-state index contributed by atoms with van der Waals surface area (Å²) in [7, 11) is 0. The van der Waals surface area contributed by atoms with Crippen LogP contribution in [0.15, 0.2) is 48.5 Å². The van der Waals surface area contributed by atoms with Crippen molar-refractivity contribution in [1.82, 2.24) is 9.88 Å². The molecule has 0 spiro atoms. The minimum Gasteiger partial charge on any atom is -0.481 e. The molecule has 0 aliphatic carbocycles. The summed E-state index contributed by atoms with van der Waals surface area (Å²) in [6, 6.07) is 14.2. The first-order valence-electron chi connectivity index (χ1n) is 9.89. The lowest BCUT2D eigenvalue weighted by atomic mass is 10.0. The average Bonchev–Trinajstić information content (AvgIpc) is 3.30. The van der Waals surface area contributed by atoms with E-state index in [0.717, 1.165) is 40.6 Å². The maximum Gasteiger partial charge on any atom is 0.305 e. The number of hydrogen-bond donors (Lipinski definition) is 2. The number of halogens is 1. The van der Waals surface area contributed by atoms with Gasteiger partial charge in [0.2, 0.25) is 5.91 Å². The summed E-state index contributed by atoms with van der Waals surface area (Å²) in [5.41, 5.74) is 3.62. The molecule has 1 aromatic heterocycles. The Hall–Kier alpha value is -3.15. The zero-order chi connectivity index (χ0) is 20.4. The fourth-order valence-electron chi connectivity index (χ4n) is 4.28. The van der Waals surface area contributed by atoms with Gasteiger partial charge >= 0.3 is 5.97 Å². The van der Waals surface area contributed by atoms with Crippen LogP contribution >= 0.6 is 0 Å². The molecule has 1 unspecified atom stereocenters. The van der Waals surface area contributed by atoms with Crippen molar-refractivity contribution in [2.45, 2.75) is 38.1 Å². The van der Waals surface area contributed by atoms with Gasteiger partial charge in [-0.25, -0.2) is 4.39 Å². The quantitative estimate of drug-likeness (QED) is 0.652. The molecule has 1 atom stereocenters. The number of benzene rings is 2. The summed E-state index contributed by atoms with van der Waals surface area (Å²) in [4.78, 5) is 29.0. The first kappa shape index (κ1) is 19.2. The predicted molar refractivity (Wildman–Crippen MR) is 109 cm³/mol. The van der Waals surface area contributed by atoms with Crippen molar-refractivity contribution >= 4 is 22.8 Å². The second-order valence-corrected chi connectivity index (χ2v) is 7.52. The van der Waals surface area contributed by atoms with Gasteiger partial charge in [0.05, 0.1) is 6.42 Å². The topological polar surface area (TPSA) is 73.4 Å². The molecule has 1 saturated heterocycles. The van der Waals surface area contributed by atoms with Gasteiger partial charge in [-0.05, 0) is 48.6 Å². The molecule has 1 fully saturated rings. The number of rotatable bonds is 6. The number of carboxylic acids is 1. The van der Waals surface area contributed by atoms with Crippen LogP contribution in [0.5, 0.6) is 0 Å². The van der Waals surface area contributed by atoms with E-state index in [2.05, 4.69) is 4.98 Å². The van der Waals surface area contributed by atoms with Crippen molar-refractivity contribution < 1.29 is 19.1 Å². The Balaban J connectivity index is 1.61. The molecule has 2 heterocycles. The summed E-state index contributed by atoms with van der Waals surface area (Å²) in [6.45, 7) is 0.602. The van der Waals surface area contributed by atoms with Crippen LogP contribution in [0.1, 0.15) is 31.2 Å². The molecule has 1 amide bonds. The Labute approximate surface area is 168 Å². The Morgan fingerprint density at radius 2 is 1.97 bits per heavy atom. The van der Waals surface area contributed by atoms with Crippen molar-refractivity contribution in [1.29, 1.82) is 0 Å². The maximum absolute atomic E-state index is 13.9. The highest BCUT2D eigenvalue weighted by Gasteiger charge is 2.30. The molecule has 2 aromatic carbocycles. The number of fused-ring (bicyclic) bond motifs is 1. The molecule has 3 aromatic rings. The van der Waals surface area contributed by atoms with E-state index in [1.54, 1.807) is 11.0 Å². The van der Waals surface area contributed by atoms with Crippen molar-refractivity contribution in [3.8, 4) is 11.3 Å². The first-order chi connectivity index (χ1) is 14.0. The number of aromatic amines is 1. The van der Waals surface area contributed by atoms with E-state index < -0.39 is 5.97 Å². The van der Waals surface area contributed by atoms with Crippen LogP contribution in [0.25, 0.3) is 22.2 Å². The van der Waals surface area contributed by atoms with Gasteiger partial charge in [-0.3, -0.25) is 9.59 Å². The smallest absolute Gasteiger partial charge is 0.305 e. The molecule has 4 rings (SSSR count). The SMILES string of the molecule is O=C(O)CC1CCCN1C(=O)CCc1c(-c2ccccc2)[nH]c2ccc(F)cc12. The lowest BCUT2D eigenvalue weighted by Gasteiger charge is -2.23. The van der Waals surface area contributed by atoms with E-state index in [1.165, 1.54) is 12.1 Å². The molecule has 2 N–H and O–H groups in total. The average molecular weight is 394 g/mol. The summed E-state index contributed by atoms with van der Waals surface area (Å²) in [5, 5.41) is 9.86. The number of amides is 1. The van der Waals surface area contributed by atoms with Crippen molar-refractivity contribution in [2.75, 3.05) is 6.54 Å². The van der Waals surface area contributed by atoms with Gasteiger partial charge in [0.15, 0.2) is 0 Å². The Morgan fingerprint density at radius 1 is 1.17 bits per heavy atom. The minimum absolute atomic E-state index is 0.0146. The second-order valence-electron chi connectivity index (χ2n) is 7.52. The molecule has 6 heteroatoms. The van der Waals surface area contributed by atoms with Crippen LogP contribution in [0, 0.1) is 5.82 Å². The Kier molecular flexibility index (Phi) is 5.34. The lowest BCUT2D eigenvalue weighted by molar-refractivity contribution is -0.139. The van der Waals surface area contributed by atoms with Gasteiger partial charge < -0.3 is 15.0 Å². The molecule has 29 heavy (non-hydrogen) atoms. The summed E-state index contributed by atoms with van der Waals surface area (Å²) in [6.07, 6.45) is 2.27. The van der Waals surface area contributed by atoms with Gasteiger partial charge in [0, 0.05) is 35.6 Å². The van der Waals surface area contributed by atoms with E-state index in [-0.39, 0.29) is 30.6 Å². The zero-order valence-electron chi connectivity index (χ0n) is 16.0. The van der Waals surface area contributed by atoms with E-state index in [4.69, 9.17) is 5.11 Å². The Morgan fingerprint density at radius 3 is 2.72 bits per heavy atom. The van der Waals surface area contributed by atoms with Gasteiger partial charge in [-0.15, -0.1) is 0 Å². The number of aromatic nitrogens is 1. The summed E-state index contributed by atoms with van der Waals surface area (Å²) >= 11 is 0. The fraction of sp³-hybridized carbons (Fsp3) is 0.304. The summed E-state index contributed by atoms with van der Waals surface area (Å²) in [5.74, 6) is -1.24. The maximum atomic E-state index is 13.9. The molecule has 5 nitrogen and oxygen atoms in total. The van der Waals surface area contributed by atoms with E-state index in [0.29, 0.717) is 13.0 Å². The number of carbonyl (C=O) groups excluding carboxylic acids is 1. The van der Waals surface area contributed by atoms with E-state index >= 15 is 0 Å². The molecule has 150 valence electrons. The highest BCUT2D eigenvalue weighted by atomic mass is 19.1. The Bertz CT molecular complexity index is 1040. The number of nitrogens with zero attached hydrogens (tertiary/aromatic N) is 1.